The van der Waals surface area contributed by atoms with E-state index in [9.17, 15) is 0 Å². The summed E-state index contributed by atoms with van der Waals surface area (Å²) < 4.78 is 0. The monoisotopic (exact) mass is 439 g/mol. The predicted molar refractivity (Wildman–Crippen MR) is 127 cm³/mol. The molecule has 2 heterocycles. The quantitative estimate of drug-likeness (QED) is 0.753. The number of nitrogens with two attached hydrogens (primary N) is 1. The summed E-state index contributed by atoms with van der Waals surface area (Å²) in [7, 11) is 4.09. The minimum Gasteiger partial charge on any atom is -0.347 e. The second-order valence-electron chi connectivity index (χ2n) is 9.95. The SMILES string of the molecule is CN(C)c1nc2c(c(C3CC3)n1)CCN([C@H]1CC[C@](CN)(c3cccc(Cl)c3)CC1)C2. The van der Waals surface area contributed by atoms with Crippen LogP contribution in [0.25, 0.3) is 0 Å². The lowest BCUT2D eigenvalue weighted by Crippen LogP contribution is -2.47. The molecule has 31 heavy (non-hydrogen) atoms. The Kier molecular flexibility index (Phi) is 5.70. The van der Waals surface area contributed by atoms with Crippen molar-refractivity contribution in [2.75, 3.05) is 32.1 Å². The summed E-state index contributed by atoms with van der Waals surface area (Å²) in [5.41, 5.74) is 11.7. The molecule has 0 bridgehead atoms. The fourth-order valence-electron chi connectivity index (χ4n) is 5.62. The van der Waals surface area contributed by atoms with Gasteiger partial charge in [0.2, 0.25) is 5.95 Å². The largest absolute Gasteiger partial charge is 0.347 e. The van der Waals surface area contributed by atoms with Crippen LogP contribution in [0.4, 0.5) is 5.95 Å². The van der Waals surface area contributed by atoms with Gasteiger partial charge in [0.05, 0.1) is 11.4 Å². The van der Waals surface area contributed by atoms with Gasteiger partial charge >= 0.3 is 0 Å². The van der Waals surface area contributed by atoms with Crippen LogP contribution in [0.3, 0.4) is 0 Å². The third kappa shape index (κ3) is 4.08. The standard InChI is InChI=1S/C25H34ClN5/c1-30(2)24-28-22-15-31(13-10-21(22)23(29-24)17-6-7-17)20-8-11-25(16-27,12-9-20)18-4-3-5-19(26)14-18/h3-5,14,17,20H,6-13,15-16,27H2,1-2H3/t20-,25-. The lowest BCUT2D eigenvalue weighted by atomic mass is 9.68. The molecule has 5 rings (SSSR count). The highest BCUT2D eigenvalue weighted by Crippen LogP contribution is 2.44. The second kappa shape index (κ2) is 8.34. The number of hydrogen-bond acceptors (Lipinski definition) is 5. The van der Waals surface area contributed by atoms with Crippen LogP contribution >= 0.6 is 11.6 Å². The number of nitrogens with zero attached hydrogens (tertiary/aromatic N) is 4. The molecule has 166 valence electrons. The summed E-state index contributed by atoms with van der Waals surface area (Å²) in [4.78, 5) is 14.6. The van der Waals surface area contributed by atoms with E-state index in [0.717, 1.165) is 43.3 Å². The van der Waals surface area contributed by atoms with E-state index in [-0.39, 0.29) is 5.41 Å². The van der Waals surface area contributed by atoms with E-state index >= 15 is 0 Å². The van der Waals surface area contributed by atoms with Crippen LogP contribution < -0.4 is 10.6 Å². The molecule has 3 aliphatic rings. The zero-order valence-electron chi connectivity index (χ0n) is 18.8. The number of halogens is 1. The fourth-order valence-corrected chi connectivity index (χ4v) is 5.81. The van der Waals surface area contributed by atoms with E-state index in [0.29, 0.717) is 18.5 Å². The highest BCUT2D eigenvalue weighted by molar-refractivity contribution is 6.30. The Morgan fingerprint density at radius 2 is 1.94 bits per heavy atom. The Morgan fingerprint density at radius 3 is 2.58 bits per heavy atom. The number of aromatic nitrogens is 2. The first-order valence-electron chi connectivity index (χ1n) is 11.8. The minimum atomic E-state index is 0.0640. The second-order valence-corrected chi connectivity index (χ2v) is 10.4. The van der Waals surface area contributed by atoms with Gasteiger partial charge < -0.3 is 10.6 Å². The Morgan fingerprint density at radius 1 is 1.16 bits per heavy atom. The molecule has 5 nitrogen and oxygen atoms in total. The van der Waals surface area contributed by atoms with Crippen LogP contribution in [-0.2, 0) is 18.4 Å². The van der Waals surface area contributed by atoms with Crippen molar-refractivity contribution in [3.8, 4) is 0 Å². The third-order valence-corrected chi connectivity index (χ3v) is 7.97. The molecule has 1 aromatic heterocycles. The molecule has 2 N–H and O–H groups in total. The topological polar surface area (TPSA) is 58.3 Å². The van der Waals surface area contributed by atoms with Gasteiger partial charge in [-0.25, -0.2) is 9.97 Å². The van der Waals surface area contributed by atoms with Crippen LogP contribution in [0.5, 0.6) is 0 Å². The number of hydrogen-bond donors (Lipinski definition) is 1. The molecule has 0 unspecified atom stereocenters. The summed E-state index contributed by atoms with van der Waals surface area (Å²) in [6.45, 7) is 2.76. The molecule has 0 saturated heterocycles. The van der Waals surface area contributed by atoms with Crippen LogP contribution in [0.1, 0.15) is 67.0 Å². The Balaban J connectivity index is 1.32. The van der Waals surface area contributed by atoms with E-state index < -0.39 is 0 Å². The maximum absolute atomic E-state index is 6.33. The summed E-state index contributed by atoms with van der Waals surface area (Å²) in [6.07, 6.45) is 8.26. The van der Waals surface area contributed by atoms with Gasteiger partial charge in [-0.2, -0.15) is 0 Å². The summed E-state index contributed by atoms with van der Waals surface area (Å²) in [5.74, 6) is 1.54. The van der Waals surface area contributed by atoms with Crippen molar-refractivity contribution in [3.63, 3.8) is 0 Å². The van der Waals surface area contributed by atoms with E-state index in [1.165, 1.54) is 48.2 Å². The van der Waals surface area contributed by atoms with Crippen molar-refractivity contribution in [2.45, 2.75) is 68.9 Å². The zero-order chi connectivity index (χ0) is 21.6. The lowest BCUT2D eigenvalue weighted by molar-refractivity contribution is 0.111. The lowest BCUT2D eigenvalue weighted by Gasteiger charge is -2.44. The summed E-state index contributed by atoms with van der Waals surface area (Å²) in [6, 6.07) is 8.93. The number of benzene rings is 1. The van der Waals surface area contributed by atoms with Gasteiger partial charge in [-0.05, 0) is 68.2 Å². The molecular weight excluding hydrogens is 406 g/mol. The molecule has 1 aliphatic heterocycles. The average Bonchev–Trinajstić information content (AvgIpc) is 3.63. The van der Waals surface area contributed by atoms with Crippen LogP contribution in [-0.4, -0.2) is 48.1 Å². The Labute approximate surface area is 191 Å². The average molecular weight is 440 g/mol. The van der Waals surface area contributed by atoms with Crippen LogP contribution in [0, 0.1) is 0 Å². The molecular formula is C25H34ClN5. The number of rotatable bonds is 5. The van der Waals surface area contributed by atoms with Gasteiger partial charge in [-0.1, -0.05) is 23.7 Å². The first kappa shape index (κ1) is 21.2. The van der Waals surface area contributed by atoms with Gasteiger partial charge in [0.1, 0.15) is 0 Å². The molecule has 2 saturated carbocycles. The van der Waals surface area contributed by atoms with Gasteiger partial charge in [0.25, 0.3) is 0 Å². The molecule has 0 amide bonds. The molecule has 0 radical (unpaired) electrons. The van der Waals surface area contributed by atoms with Crippen molar-refractivity contribution in [2.24, 2.45) is 5.73 Å². The maximum atomic E-state index is 6.33. The Bertz CT molecular complexity index is 947. The smallest absolute Gasteiger partial charge is 0.225 e. The van der Waals surface area contributed by atoms with E-state index in [1.807, 2.05) is 25.1 Å². The summed E-state index contributed by atoms with van der Waals surface area (Å²) >= 11 is 6.29. The molecule has 1 aromatic carbocycles. The van der Waals surface area contributed by atoms with Crippen LogP contribution in [0.15, 0.2) is 24.3 Å². The molecule has 0 atom stereocenters. The van der Waals surface area contributed by atoms with Crippen molar-refractivity contribution >= 4 is 17.5 Å². The molecule has 2 aliphatic carbocycles. The normalized spacial score (nSPS) is 26.5. The highest BCUT2D eigenvalue weighted by Gasteiger charge is 2.39. The van der Waals surface area contributed by atoms with Crippen LogP contribution in [0.2, 0.25) is 5.02 Å². The first-order valence-corrected chi connectivity index (χ1v) is 12.1. The zero-order valence-corrected chi connectivity index (χ0v) is 19.5. The van der Waals surface area contributed by atoms with Crippen molar-refractivity contribution < 1.29 is 0 Å². The van der Waals surface area contributed by atoms with Gasteiger partial charge in [-0.3, -0.25) is 4.90 Å². The maximum Gasteiger partial charge on any atom is 0.225 e. The molecule has 6 heteroatoms. The Hall–Kier alpha value is -1.69. The van der Waals surface area contributed by atoms with E-state index in [2.05, 4.69) is 23.1 Å². The number of anilines is 1. The van der Waals surface area contributed by atoms with Gasteiger partial charge in [0, 0.05) is 56.1 Å². The number of fused-ring (bicyclic) bond motifs is 1. The van der Waals surface area contributed by atoms with Gasteiger partial charge in [-0.15, -0.1) is 0 Å². The predicted octanol–water partition coefficient (Wildman–Crippen LogP) is 4.27. The molecule has 2 aromatic rings. The van der Waals surface area contributed by atoms with E-state index in [1.54, 1.807) is 0 Å². The van der Waals surface area contributed by atoms with Gasteiger partial charge in [0.15, 0.2) is 0 Å². The van der Waals surface area contributed by atoms with Crippen molar-refractivity contribution in [1.29, 1.82) is 0 Å². The molecule has 0 spiro atoms. The van der Waals surface area contributed by atoms with E-state index in [4.69, 9.17) is 27.3 Å². The minimum absolute atomic E-state index is 0.0640. The fraction of sp³-hybridized carbons (Fsp3) is 0.600. The van der Waals surface area contributed by atoms with Crippen molar-refractivity contribution in [1.82, 2.24) is 14.9 Å². The first-order chi connectivity index (χ1) is 15.0. The molecule has 2 fully saturated rings. The summed E-state index contributed by atoms with van der Waals surface area (Å²) in [5, 5.41) is 0.808. The van der Waals surface area contributed by atoms with Crippen molar-refractivity contribution in [3.05, 3.63) is 51.8 Å². The third-order valence-electron chi connectivity index (χ3n) is 7.74. The highest BCUT2D eigenvalue weighted by atomic mass is 35.5.